The minimum absolute atomic E-state index is 0.114. The van der Waals surface area contributed by atoms with Crippen molar-refractivity contribution in [2.75, 3.05) is 31.1 Å². The van der Waals surface area contributed by atoms with Crippen molar-refractivity contribution in [3.63, 3.8) is 0 Å². The van der Waals surface area contributed by atoms with Crippen molar-refractivity contribution in [2.45, 2.75) is 62.8 Å². The molecular weight excluding hydrogens is 418 g/mol. The molecule has 3 aliphatic rings. The molecule has 4 rings (SSSR count). The lowest BCUT2D eigenvalue weighted by molar-refractivity contribution is -0.126. The van der Waals surface area contributed by atoms with Gasteiger partial charge in [-0.1, -0.05) is 26.2 Å². The second-order valence-corrected chi connectivity index (χ2v) is 10.7. The second kappa shape index (κ2) is 9.16. The topological polar surface area (TPSA) is 96.0 Å². The number of nitrogens with zero attached hydrogens (tertiary/aromatic N) is 2. The van der Waals surface area contributed by atoms with Crippen LogP contribution in [0.25, 0.3) is 0 Å². The van der Waals surface area contributed by atoms with E-state index in [1.807, 2.05) is 0 Å². The SMILES string of the molecule is CC1CCCCC1NC(=O)CN1C(=O)COc2ccc(S(=O)(=O)N3CCCCC3)cc21. The Morgan fingerprint density at radius 3 is 2.61 bits per heavy atom. The standard InChI is InChI=1S/C22H31N3O5S/c1-16-7-3-4-8-18(16)23-21(26)14-25-19-13-17(9-10-20(19)30-15-22(25)27)31(28,29)24-11-5-2-6-12-24/h9-10,13,16,18H,2-8,11-12,14-15H2,1H3,(H,23,26). The maximum atomic E-state index is 13.1. The van der Waals surface area contributed by atoms with Gasteiger partial charge in [0.25, 0.3) is 5.91 Å². The summed E-state index contributed by atoms with van der Waals surface area (Å²) in [5, 5.41) is 3.06. The number of fused-ring (bicyclic) bond motifs is 1. The summed E-state index contributed by atoms with van der Waals surface area (Å²) in [6, 6.07) is 4.67. The number of sulfonamides is 1. The molecule has 0 bridgehead atoms. The molecule has 1 saturated heterocycles. The fraction of sp³-hybridized carbons (Fsp3) is 0.636. The first-order valence-electron chi connectivity index (χ1n) is 11.2. The van der Waals surface area contributed by atoms with Crippen LogP contribution in [-0.2, 0) is 19.6 Å². The normalized spacial score (nSPS) is 24.9. The Bertz CT molecular complexity index is 942. The van der Waals surface area contributed by atoms with Crippen LogP contribution in [0, 0.1) is 5.92 Å². The molecule has 170 valence electrons. The van der Waals surface area contributed by atoms with E-state index in [4.69, 9.17) is 4.74 Å². The molecule has 2 amide bonds. The molecule has 0 spiro atoms. The zero-order valence-corrected chi connectivity index (χ0v) is 18.8. The minimum atomic E-state index is -3.66. The highest BCUT2D eigenvalue weighted by Crippen LogP contribution is 2.35. The molecule has 8 nitrogen and oxygen atoms in total. The van der Waals surface area contributed by atoms with Gasteiger partial charge in [-0.15, -0.1) is 0 Å². The van der Waals surface area contributed by atoms with Crippen molar-refractivity contribution in [3.05, 3.63) is 18.2 Å². The minimum Gasteiger partial charge on any atom is -0.482 e. The summed E-state index contributed by atoms with van der Waals surface area (Å²) >= 11 is 0. The molecule has 1 N–H and O–H groups in total. The van der Waals surface area contributed by atoms with Crippen LogP contribution in [0.15, 0.2) is 23.1 Å². The summed E-state index contributed by atoms with van der Waals surface area (Å²) in [5.74, 6) is 0.235. The quantitative estimate of drug-likeness (QED) is 0.744. The maximum absolute atomic E-state index is 13.1. The van der Waals surface area contributed by atoms with Gasteiger partial charge in [0.05, 0.1) is 10.6 Å². The first-order valence-corrected chi connectivity index (χ1v) is 12.7. The van der Waals surface area contributed by atoms with Crippen molar-refractivity contribution in [2.24, 2.45) is 5.92 Å². The zero-order valence-electron chi connectivity index (χ0n) is 18.0. The van der Waals surface area contributed by atoms with Gasteiger partial charge in [0.15, 0.2) is 6.61 Å². The van der Waals surface area contributed by atoms with E-state index in [1.165, 1.54) is 27.8 Å². The molecule has 1 aromatic carbocycles. The van der Waals surface area contributed by atoms with Crippen molar-refractivity contribution in [1.29, 1.82) is 0 Å². The van der Waals surface area contributed by atoms with Gasteiger partial charge in [0.1, 0.15) is 12.3 Å². The summed E-state index contributed by atoms with van der Waals surface area (Å²) in [4.78, 5) is 26.8. The Labute approximate surface area is 184 Å². The van der Waals surface area contributed by atoms with Crippen LogP contribution in [0.1, 0.15) is 51.9 Å². The van der Waals surface area contributed by atoms with Gasteiger partial charge in [-0.2, -0.15) is 4.31 Å². The molecule has 1 aliphatic carbocycles. The summed E-state index contributed by atoms with van der Waals surface area (Å²) in [6.45, 7) is 2.82. The number of ether oxygens (including phenoxy) is 1. The van der Waals surface area contributed by atoms with Crippen LogP contribution in [-0.4, -0.2) is 56.8 Å². The largest absolute Gasteiger partial charge is 0.482 e. The monoisotopic (exact) mass is 449 g/mol. The molecule has 2 fully saturated rings. The number of rotatable bonds is 5. The third kappa shape index (κ3) is 4.72. The number of hydrogen-bond acceptors (Lipinski definition) is 5. The van der Waals surface area contributed by atoms with E-state index in [2.05, 4.69) is 12.2 Å². The van der Waals surface area contributed by atoms with Crippen LogP contribution in [0.4, 0.5) is 5.69 Å². The average Bonchev–Trinajstić information content (AvgIpc) is 2.77. The highest BCUT2D eigenvalue weighted by atomic mass is 32.2. The molecule has 31 heavy (non-hydrogen) atoms. The number of hydrogen-bond donors (Lipinski definition) is 1. The van der Waals surface area contributed by atoms with E-state index in [0.717, 1.165) is 38.5 Å². The Morgan fingerprint density at radius 2 is 1.87 bits per heavy atom. The predicted molar refractivity (Wildman–Crippen MR) is 116 cm³/mol. The molecule has 2 aliphatic heterocycles. The number of piperidine rings is 1. The fourth-order valence-corrected chi connectivity index (χ4v) is 6.23. The van der Waals surface area contributed by atoms with Gasteiger partial charge in [-0.25, -0.2) is 8.42 Å². The highest BCUT2D eigenvalue weighted by molar-refractivity contribution is 7.89. The van der Waals surface area contributed by atoms with Crippen molar-refractivity contribution in [1.82, 2.24) is 9.62 Å². The van der Waals surface area contributed by atoms with Gasteiger partial charge in [-0.3, -0.25) is 14.5 Å². The molecule has 2 atom stereocenters. The van der Waals surface area contributed by atoms with Crippen LogP contribution in [0.2, 0.25) is 0 Å². The van der Waals surface area contributed by atoms with Crippen molar-refractivity contribution >= 4 is 27.5 Å². The van der Waals surface area contributed by atoms with Crippen molar-refractivity contribution < 1.29 is 22.7 Å². The number of nitrogens with one attached hydrogen (secondary N) is 1. The first kappa shape index (κ1) is 22.1. The van der Waals surface area contributed by atoms with Crippen molar-refractivity contribution in [3.8, 4) is 5.75 Å². The third-order valence-corrected chi connectivity index (χ3v) is 8.48. The Morgan fingerprint density at radius 1 is 1.13 bits per heavy atom. The van der Waals surface area contributed by atoms with Crippen LogP contribution in [0.5, 0.6) is 5.75 Å². The van der Waals surface area contributed by atoms with E-state index in [0.29, 0.717) is 30.4 Å². The molecule has 0 aromatic heterocycles. The fourth-order valence-electron chi connectivity index (χ4n) is 4.70. The van der Waals surface area contributed by atoms with Crippen LogP contribution in [0.3, 0.4) is 0 Å². The molecule has 2 heterocycles. The molecule has 0 radical (unpaired) electrons. The first-order chi connectivity index (χ1) is 14.9. The Kier molecular flexibility index (Phi) is 6.52. The lowest BCUT2D eigenvalue weighted by atomic mass is 9.86. The summed E-state index contributed by atoms with van der Waals surface area (Å²) < 4.78 is 33.2. The lowest BCUT2D eigenvalue weighted by Gasteiger charge is -2.32. The number of carbonyl (C=O) groups excluding carboxylic acids is 2. The smallest absolute Gasteiger partial charge is 0.265 e. The number of amides is 2. The van der Waals surface area contributed by atoms with Crippen LogP contribution >= 0.6 is 0 Å². The Balaban J connectivity index is 1.54. The zero-order chi connectivity index (χ0) is 22.0. The van der Waals surface area contributed by atoms with E-state index >= 15 is 0 Å². The number of carbonyl (C=O) groups is 2. The summed E-state index contributed by atoms with van der Waals surface area (Å²) in [6.07, 6.45) is 7.01. The van der Waals surface area contributed by atoms with E-state index in [9.17, 15) is 18.0 Å². The highest BCUT2D eigenvalue weighted by Gasteiger charge is 2.32. The third-order valence-electron chi connectivity index (χ3n) is 6.59. The van der Waals surface area contributed by atoms with Gasteiger partial charge in [-0.05, 0) is 49.8 Å². The Hall–Kier alpha value is -2.13. The van der Waals surface area contributed by atoms with Crippen LogP contribution < -0.4 is 15.0 Å². The molecule has 1 saturated carbocycles. The maximum Gasteiger partial charge on any atom is 0.265 e. The summed E-state index contributed by atoms with van der Waals surface area (Å²) in [7, 11) is -3.66. The number of anilines is 1. The van der Waals surface area contributed by atoms with Gasteiger partial charge < -0.3 is 10.1 Å². The molecular formula is C22H31N3O5S. The van der Waals surface area contributed by atoms with E-state index in [-0.39, 0.29) is 35.9 Å². The van der Waals surface area contributed by atoms with Gasteiger partial charge >= 0.3 is 0 Å². The van der Waals surface area contributed by atoms with Gasteiger partial charge in [0, 0.05) is 19.1 Å². The van der Waals surface area contributed by atoms with Gasteiger partial charge in [0.2, 0.25) is 15.9 Å². The second-order valence-electron chi connectivity index (χ2n) is 8.80. The lowest BCUT2D eigenvalue weighted by Crippen LogP contribution is -2.49. The number of benzene rings is 1. The average molecular weight is 450 g/mol. The molecule has 2 unspecified atom stereocenters. The molecule has 1 aromatic rings. The van der Waals surface area contributed by atoms with E-state index in [1.54, 1.807) is 6.07 Å². The summed E-state index contributed by atoms with van der Waals surface area (Å²) in [5.41, 5.74) is 0.334. The van der Waals surface area contributed by atoms with E-state index < -0.39 is 10.0 Å². The molecule has 9 heteroatoms. The predicted octanol–water partition coefficient (Wildman–Crippen LogP) is 2.28.